The van der Waals surface area contributed by atoms with Crippen LogP contribution in [0.3, 0.4) is 0 Å². The Morgan fingerprint density at radius 1 is 1.67 bits per heavy atom. The molecule has 0 radical (unpaired) electrons. The molecule has 1 rings (SSSR count). The van der Waals surface area contributed by atoms with Crippen molar-refractivity contribution in [1.82, 2.24) is 4.90 Å². The van der Waals surface area contributed by atoms with Gasteiger partial charge in [-0.05, 0) is 5.92 Å². The topological polar surface area (TPSA) is 29.5 Å². The Labute approximate surface area is 72.7 Å². The van der Waals surface area contributed by atoms with Gasteiger partial charge in [-0.15, -0.1) is 0 Å². The smallest absolute Gasteiger partial charge is 0.421 e. The quantitative estimate of drug-likeness (QED) is 0.553. The fraction of sp³-hybridized carbons (Fsp3) is 0.667. The second-order valence-electron chi connectivity index (χ2n) is 3.15. The average molecular weight is 167 g/mol. The highest BCUT2D eigenvalue weighted by molar-refractivity contribution is 5.71. The zero-order valence-corrected chi connectivity index (χ0v) is 7.46. The van der Waals surface area contributed by atoms with Crippen LogP contribution in [0.4, 0.5) is 4.79 Å². The summed E-state index contributed by atoms with van der Waals surface area (Å²) in [6.45, 7) is 5.26. The van der Waals surface area contributed by atoms with Crippen molar-refractivity contribution in [3.8, 4) is 12.0 Å². The number of nitrogens with zero attached hydrogens (tertiary/aromatic N) is 1. The summed E-state index contributed by atoms with van der Waals surface area (Å²) in [5.74, 6) is 3.48. The lowest BCUT2D eigenvalue weighted by Gasteiger charge is -2.00. The van der Waals surface area contributed by atoms with Gasteiger partial charge in [-0.1, -0.05) is 19.8 Å². The second kappa shape index (κ2) is 4.01. The molecule has 0 aliphatic carbocycles. The molecule has 0 unspecified atom stereocenters. The summed E-state index contributed by atoms with van der Waals surface area (Å²) in [5.41, 5.74) is 0. The Bertz CT molecular complexity index is 224. The van der Waals surface area contributed by atoms with Gasteiger partial charge in [0.05, 0.1) is 6.54 Å². The van der Waals surface area contributed by atoms with Gasteiger partial charge < -0.3 is 4.74 Å². The van der Waals surface area contributed by atoms with Gasteiger partial charge in [0, 0.05) is 12.5 Å². The standard InChI is InChI=1S/C9H13NO2/c1-8(2)4-3-5-10-6-7-12-9(10)11/h8H,4,6-7H2,1-2H3. The highest BCUT2D eigenvalue weighted by Crippen LogP contribution is 2.01. The minimum atomic E-state index is -0.314. The summed E-state index contributed by atoms with van der Waals surface area (Å²) < 4.78 is 4.71. The van der Waals surface area contributed by atoms with Crippen LogP contribution in [-0.2, 0) is 4.74 Å². The highest BCUT2D eigenvalue weighted by Gasteiger charge is 2.19. The molecular weight excluding hydrogens is 154 g/mol. The Kier molecular flexibility index (Phi) is 2.98. The lowest BCUT2D eigenvalue weighted by Crippen LogP contribution is -2.17. The number of hydrogen-bond acceptors (Lipinski definition) is 2. The van der Waals surface area contributed by atoms with Crippen LogP contribution >= 0.6 is 0 Å². The third-order valence-corrected chi connectivity index (χ3v) is 1.49. The molecule has 0 atom stereocenters. The van der Waals surface area contributed by atoms with E-state index in [1.807, 2.05) is 0 Å². The molecule has 1 fully saturated rings. The van der Waals surface area contributed by atoms with Crippen LogP contribution in [0, 0.1) is 17.9 Å². The van der Waals surface area contributed by atoms with E-state index in [1.165, 1.54) is 4.90 Å². The van der Waals surface area contributed by atoms with Crippen LogP contribution < -0.4 is 0 Å². The van der Waals surface area contributed by atoms with E-state index in [1.54, 1.807) is 0 Å². The Morgan fingerprint density at radius 2 is 2.42 bits per heavy atom. The van der Waals surface area contributed by atoms with Crippen LogP contribution in [0.25, 0.3) is 0 Å². The molecule has 0 bridgehead atoms. The molecule has 1 saturated heterocycles. The van der Waals surface area contributed by atoms with E-state index >= 15 is 0 Å². The summed E-state index contributed by atoms with van der Waals surface area (Å²) in [4.78, 5) is 12.3. The van der Waals surface area contributed by atoms with E-state index in [-0.39, 0.29) is 6.09 Å². The maximum Gasteiger partial charge on any atom is 0.421 e. The first kappa shape index (κ1) is 8.92. The van der Waals surface area contributed by atoms with Gasteiger partial charge in [-0.2, -0.15) is 0 Å². The first-order valence-corrected chi connectivity index (χ1v) is 4.13. The molecule has 0 aromatic heterocycles. The van der Waals surface area contributed by atoms with E-state index in [4.69, 9.17) is 4.74 Å². The molecule has 3 heteroatoms. The van der Waals surface area contributed by atoms with Gasteiger partial charge in [0.25, 0.3) is 0 Å². The van der Waals surface area contributed by atoms with Crippen LogP contribution in [0.1, 0.15) is 20.3 Å². The van der Waals surface area contributed by atoms with E-state index in [2.05, 4.69) is 25.8 Å². The van der Waals surface area contributed by atoms with E-state index in [0.717, 1.165) is 6.42 Å². The van der Waals surface area contributed by atoms with Gasteiger partial charge >= 0.3 is 6.09 Å². The van der Waals surface area contributed by atoms with E-state index in [0.29, 0.717) is 19.1 Å². The van der Waals surface area contributed by atoms with Gasteiger partial charge in [-0.25, -0.2) is 9.69 Å². The zero-order valence-electron chi connectivity index (χ0n) is 7.46. The molecule has 1 amide bonds. The summed E-state index contributed by atoms with van der Waals surface area (Å²) >= 11 is 0. The minimum Gasteiger partial charge on any atom is -0.447 e. The Hall–Kier alpha value is -1.17. The van der Waals surface area contributed by atoms with Gasteiger partial charge in [0.2, 0.25) is 0 Å². The SMILES string of the molecule is CC(C)CC#CN1CCOC1=O. The predicted octanol–water partition coefficient (Wildman–Crippen LogP) is 1.45. The summed E-state index contributed by atoms with van der Waals surface area (Å²) in [6, 6.07) is 2.77. The largest absolute Gasteiger partial charge is 0.447 e. The molecule has 0 N–H and O–H groups in total. The van der Waals surface area contributed by atoms with Crippen LogP contribution in [0.2, 0.25) is 0 Å². The van der Waals surface area contributed by atoms with Crippen molar-refractivity contribution >= 4 is 6.09 Å². The molecule has 0 aromatic carbocycles. The molecule has 0 spiro atoms. The summed E-state index contributed by atoms with van der Waals surface area (Å²) in [6.07, 6.45) is 0.510. The van der Waals surface area contributed by atoms with Gasteiger partial charge in [-0.3, -0.25) is 0 Å². The summed E-state index contributed by atoms with van der Waals surface area (Å²) in [5, 5.41) is 0. The average Bonchev–Trinajstić information content (AvgIpc) is 2.36. The number of cyclic esters (lactones) is 1. The molecule has 3 nitrogen and oxygen atoms in total. The summed E-state index contributed by atoms with van der Waals surface area (Å²) in [7, 11) is 0. The van der Waals surface area contributed by atoms with Gasteiger partial charge in [0.15, 0.2) is 0 Å². The van der Waals surface area contributed by atoms with Crippen molar-refractivity contribution in [2.75, 3.05) is 13.2 Å². The predicted molar refractivity (Wildman–Crippen MR) is 45.3 cm³/mol. The van der Waals surface area contributed by atoms with Crippen LogP contribution in [0.5, 0.6) is 0 Å². The number of amides is 1. The molecule has 1 aliphatic heterocycles. The van der Waals surface area contributed by atoms with Crippen molar-refractivity contribution in [3.05, 3.63) is 0 Å². The lowest BCUT2D eigenvalue weighted by molar-refractivity contribution is 0.167. The van der Waals surface area contributed by atoms with Crippen molar-refractivity contribution in [2.45, 2.75) is 20.3 Å². The second-order valence-corrected chi connectivity index (χ2v) is 3.15. The fourth-order valence-corrected chi connectivity index (χ4v) is 0.840. The molecule has 66 valence electrons. The fourth-order valence-electron chi connectivity index (χ4n) is 0.840. The van der Waals surface area contributed by atoms with Crippen molar-refractivity contribution < 1.29 is 9.53 Å². The molecule has 1 heterocycles. The first-order chi connectivity index (χ1) is 5.70. The number of rotatable bonds is 1. The maximum absolute atomic E-state index is 10.9. The number of hydrogen-bond donors (Lipinski definition) is 0. The number of carbonyl (C=O) groups excluding carboxylic acids is 1. The Morgan fingerprint density at radius 3 is 2.92 bits per heavy atom. The monoisotopic (exact) mass is 167 g/mol. The van der Waals surface area contributed by atoms with E-state index in [9.17, 15) is 4.79 Å². The highest BCUT2D eigenvalue weighted by atomic mass is 16.6. The molecule has 12 heavy (non-hydrogen) atoms. The maximum atomic E-state index is 10.9. The minimum absolute atomic E-state index is 0.314. The van der Waals surface area contributed by atoms with Crippen molar-refractivity contribution in [1.29, 1.82) is 0 Å². The third-order valence-electron chi connectivity index (χ3n) is 1.49. The molecule has 0 aromatic rings. The Balaban J connectivity index is 2.37. The number of carbonyl (C=O) groups is 1. The first-order valence-electron chi connectivity index (χ1n) is 4.13. The van der Waals surface area contributed by atoms with Crippen molar-refractivity contribution in [3.63, 3.8) is 0 Å². The van der Waals surface area contributed by atoms with Crippen LogP contribution in [0.15, 0.2) is 0 Å². The normalized spacial score (nSPS) is 15.9. The van der Waals surface area contributed by atoms with E-state index < -0.39 is 0 Å². The number of ether oxygens (including phenoxy) is 1. The van der Waals surface area contributed by atoms with Crippen LogP contribution in [-0.4, -0.2) is 24.1 Å². The molecule has 1 aliphatic rings. The third kappa shape index (κ3) is 2.46. The zero-order chi connectivity index (χ0) is 8.97. The molecule has 0 saturated carbocycles. The molecular formula is C9H13NO2. The van der Waals surface area contributed by atoms with Gasteiger partial charge in [0.1, 0.15) is 6.61 Å². The van der Waals surface area contributed by atoms with Crippen molar-refractivity contribution in [2.24, 2.45) is 5.92 Å². The lowest BCUT2D eigenvalue weighted by atomic mass is 10.1.